The van der Waals surface area contributed by atoms with E-state index in [2.05, 4.69) is 16.0 Å². The summed E-state index contributed by atoms with van der Waals surface area (Å²) in [6.45, 7) is 19.0. The summed E-state index contributed by atoms with van der Waals surface area (Å²) in [7, 11) is 0. The highest BCUT2D eigenvalue weighted by Gasteiger charge is 2.40. The van der Waals surface area contributed by atoms with Crippen molar-refractivity contribution in [2.45, 2.75) is 118 Å². The van der Waals surface area contributed by atoms with Gasteiger partial charge < -0.3 is 16.0 Å². The Balaban J connectivity index is 5.09. The fourth-order valence-corrected chi connectivity index (χ4v) is 3.26. The molecule has 0 atom stereocenters. The van der Waals surface area contributed by atoms with Crippen LogP contribution in [0.3, 0.4) is 0 Å². The summed E-state index contributed by atoms with van der Waals surface area (Å²) in [5.41, 5.74) is -2.71. The fraction of sp³-hybridized carbons (Fsp3) is 0.655. The molecular weight excluding hydrogens is 454 g/mol. The first-order valence-corrected chi connectivity index (χ1v) is 12.9. The van der Waals surface area contributed by atoms with Crippen molar-refractivity contribution in [3.8, 4) is 0 Å². The number of carbonyl (C=O) groups excluding carboxylic acids is 4. The molecule has 0 unspecified atom stereocenters. The molecule has 0 spiro atoms. The molecule has 0 radical (unpaired) electrons. The third-order valence-corrected chi connectivity index (χ3v) is 7.06. The molecule has 0 saturated carbocycles. The first kappa shape index (κ1) is 33.3. The number of hydrogen-bond acceptors (Lipinski definition) is 4. The maximum absolute atomic E-state index is 12.6. The molecule has 0 aromatic carbocycles. The van der Waals surface area contributed by atoms with Gasteiger partial charge in [0, 0.05) is 37.0 Å². The van der Waals surface area contributed by atoms with Gasteiger partial charge in [-0.2, -0.15) is 0 Å². The Labute approximate surface area is 218 Å². The van der Waals surface area contributed by atoms with Crippen LogP contribution in [0, 0.1) is 5.41 Å². The summed E-state index contributed by atoms with van der Waals surface area (Å²) in [6.07, 6.45) is 12.7. The Hall–Kier alpha value is -2.70. The molecule has 0 saturated heterocycles. The summed E-state index contributed by atoms with van der Waals surface area (Å²) in [5, 5.41) is 8.77. The van der Waals surface area contributed by atoms with Gasteiger partial charge in [0.25, 0.3) is 0 Å². The minimum absolute atomic E-state index is 0.111. The number of nitrogens with one attached hydrogen (secondary N) is 3. The number of rotatable bonds is 15. The van der Waals surface area contributed by atoms with E-state index >= 15 is 0 Å². The van der Waals surface area contributed by atoms with E-state index in [1.807, 2.05) is 93.5 Å². The lowest BCUT2D eigenvalue weighted by atomic mass is 9.71. The van der Waals surface area contributed by atoms with Crippen LogP contribution < -0.4 is 16.0 Å². The second-order valence-corrected chi connectivity index (χ2v) is 11.5. The normalized spacial score (nSPS) is 13.4. The van der Waals surface area contributed by atoms with Gasteiger partial charge in [0.05, 0.1) is 11.1 Å². The van der Waals surface area contributed by atoms with Crippen LogP contribution in [0.2, 0.25) is 0 Å². The number of ketones is 1. The van der Waals surface area contributed by atoms with E-state index in [1.165, 1.54) is 12.2 Å². The van der Waals surface area contributed by atoms with Crippen molar-refractivity contribution in [3.05, 3.63) is 36.5 Å². The van der Waals surface area contributed by atoms with Gasteiger partial charge in [-0.05, 0) is 59.8 Å². The van der Waals surface area contributed by atoms with Crippen molar-refractivity contribution in [2.24, 2.45) is 5.41 Å². The van der Waals surface area contributed by atoms with Crippen LogP contribution in [0.15, 0.2) is 36.5 Å². The van der Waals surface area contributed by atoms with E-state index in [1.54, 1.807) is 0 Å². The molecule has 0 aliphatic heterocycles. The van der Waals surface area contributed by atoms with Gasteiger partial charge in [0.2, 0.25) is 17.7 Å². The van der Waals surface area contributed by atoms with Crippen molar-refractivity contribution in [2.75, 3.05) is 0 Å². The highest BCUT2D eigenvalue weighted by atomic mass is 16.2. The predicted molar refractivity (Wildman–Crippen MR) is 147 cm³/mol. The van der Waals surface area contributed by atoms with Gasteiger partial charge >= 0.3 is 0 Å². The second-order valence-electron chi connectivity index (χ2n) is 11.5. The molecule has 7 heteroatoms. The average Bonchev–Trinajstić information content (AvgIpc) is 2.71. The maximum Gasteiger partial charge on any atom is 0.244 e. The fourth-order valence-electron chi connectivity index (χ4n) is 3.26. The quantitative estimate of drug-likeness (QED) is 0.218. The zero-order valence-corrected chi connectivity index (χ0v) is 24.1. The van der Waals surface area contributed by atoms with Gasteiger partial charge in [0.1, 0.15) is 5.78 Å². The third-order valence-electron chi connectivity index (χ3n) is 7.06. The first-order valence-electron chi connectivity index (χ1n) is 12.9. The lowest BCUT2D eigenvalue weighted by molar-refractivity contribution is -0.125. The molecule has 0 aliphatic carbocycles. The summed E-state index contributed by atoms with van der Waals surface area (Å²) < 4.78 is 0. The van der Waals surface area contributed by atoms with E-state index in [0.29, 0.717) is 12.8 Å². The number of Topliss-reactive ketones (excluding diaryl/α,β-unsaturated/α-hetero) is 1. The van der Waals surface area contributed by atoms with Crippen LogP contribution in [0.5, 0.6) is 0 Å². The maximum atomic E-state index is 12.6. The predicted octanol–water partition coefficient (Wildman–Crippen LogP) is 4.93. The zero-order valence-electron chi connectivity index (χ0n) is 24.1. The smallest absolute Gasteiger partial charge is 0.244 e. The number of carbonyl (C=O) groups is 4. The van der Waals surface area contributed by atoms with Gasteiger partial charge in [-0.15, -0.1) is 0 Å². The third kappa shape index (κ3) is 11.4. The molecule has 3 N–H and O–H groups in total. The van der Waals surface area contributed by atoms with Gasteiger partial charge in [-0.25, -0.2) is 0 Å². The summed E-state index contributed by atoms with van der Waals surface area (Å²) >= 11 is 0. The van der Waals surface area contributed by atoms with Crippen molar-refractivity contribution in [1.29, 1.82) is 0 Å². The number of amides is 3. The minimum Gasteiger partial charge on any atom is -0.349 e. The number of hydrogen-bond donors (Lipinski definition) is 3. The number of allylic oxidation sites excluding steroid dienone is 3. The molecule has 0 bridgehead atoms. The molecule has 0 aliphatic rings. The Morgan fingerprint density at radius 1 is 0.583 bits per heavy atom. The van der Waals surface area contributed by atoms with Gasteiger partial charge in [-0.1, -0.05) is 52.0 Å². The second kappa shape index (κ2) is 14.1. The van der Waals surface area contributed by atoms with E-state index in [4.69, 9.17) is 0 Å². The first-order chi connectivity index (χ1) is 16.4. The average molecular weight is 504 g/mol. The van der Waals surface area contributed by atoms with E-state index in [9.17, 15) is 19.2 Å². The Morgan fingerprint density at radius 2 is 1.00 bits per heavy atom. The SMILES string of the molecule is CC/C=C\CC(=O)CC(C)(C)C(C)(C)NC(=O)/C=C/C(=O)NC(C)(C)C(C)(C)NC(=O)C/C=C\CC. The molecule has 3 amide bonds. The monoisotopic (exact) mass is 503 g/mol. The van der Waals surface area contributed by atoms with Crippen LogP contribution in [0.1, 0.15) is 101 Å². The molecule has 0 aromatic heterocycles. The van der Waals surface area contributed by atoms with Crippen molar-refractivity contribution >= 4 is 23.5 Å². The molecule has 36 heavy (non-hydrogen) atoms. The molecule has 7 nitrogen and oxygen atoms in total. The van der Waals surface area contributed by atoms with E-state index in [0.717, 1.165) is 12.8 Å². The molecular formula is C29H49N3O4. The molecule has 0 heterocycles. The van der Waals surface area contributed by atoms with Crippen LogP contribution in [-0.4, -0.2) is 40.1 Å². The summed E-state index contributed by atoms with van der Waals surface area (Å²) in [6, 6.07) is 0. The Morgan fingerprint density at radius 3 is 1.47 bits per heavy atom. The highest BCUT2D eigenvalue weighted by molar-refractivity contribution is 5.97. The highest BCUT2D eigenvalue weighted by Crippen LogP contribution is 2.34. The molecule has 0 fully saturated rings. The van der Waals surface area contributed by atoms with Gasteiger partial charge in [-0.3, -0.25) is 19.2 Å². The standard InChI is InChI=1S/C29H49N3O4/c1-11-13-15-17-22(33)21-26(3,4)27(5,6)30-24(35)19-20-25(36)32-29(9,10)28(7,8)31-23(34)18-16-14-12-2/h13-16,19-20H,11-12,17-18,21H2,1-10H3,(H,30,35)(H,31,34)(H,32,36)/b15-13-,16-14-,20-19+. The molecule has 204 valence electrons. The Bertz CT molecular complexity index is 792. The zero-order chi connectivity index (χ0) is 28.2. The molecule has 0 rings (SSSR count). The van der Waals surface area contributed by atoms with Crippen LogP contribution >= 0.6 is 0 Å². The van der Waals surface area contributed by atoms with Crippen molar-refractivity contribution < 1.29 is 19.2 Å². The van der Waals surface area contributed by atoms with Crippen LogP contribution in [-0.2, 0) is 19.2 Å². The topological polar surface area (TPSA) is 104 Å². The Kier molecular flexibility index (Phi) is 13.1. The van der Waals surface area contributed by atoms with Crippen LogP contribution in [0.25, 0.3) is 0 Å². The van der Waals surface area contributed by atoms with E-state index in [-0.39, 0.29) is 18.1 Å². The summed E-state index contributed by atoms with van der Waals surface area (Å²) in [4.78, 5) is 49.8. The minimum atomic E-state index is -0.789. The van der Waals surface area contributed by atoms with Gasteiger partial charge in [0.15, 0.2) is 0 Å². The lowest BCUT2D eigenvalue weighted by Crippen LogP contribution is -2.65. The van der Waals surface area contributed by atoms with Crippen LogP contribution in [0.4, 0.5) is 0 Å². The van der Waals surface area contributed by atoms with E-state index < -0.39 is 33.8 Å². The molecule has 0 aromatic rings. The van der Waals surface area contributed by atoms with Crippen molar-refractivity contribution in [3.63, 3.8) is 0 Å². The van der Waals surface area contributed by atoms with Crippen molar-refractivity contribution in [1.82, 2.24) is 16.0 Å². The largest absolute Gasteiger partial charge is 0.349 e. The lowest BCUT2D eigenvalue weighted by Gasteiger charge is -2.42. The summed E-state index contributed by atoms with van der Waals surface area (Å²) in [5.74, 6) is -0.889.